The van der Waals surface area contributed by atoms with Crippen molar-refractivity contribution in [3.05, 3.63) is 33.5 Å². The molecule has 0 aliphatic heterocycles. The molecule has 1 aromatic heterocycles. The van der Waals surface area contributed by atoms with E-state index >= 15 is 0 Å². The Morgan fingerprint density at radius 3 is 2.64 bits per heavy atom. The van der Waals surface area contributed by atoms with E-state index in [1.165, 1.54) is 6.07 Å². The predicted molar refractivity (Wildman–Crippen MR) is 45.4 cm³/mol. The van der Waals surface area contributed by atoms with Gasteiger partial charge in [-0.05, 0) is 22.0 Å². The Morgan fingerprint density at radius 1 is 1.57 bits per heavy atom. The molecule has 0 atom stereocenters. The number of aromatic nitrogens is 1. The van der Waals surface area contributed by atoms with E-state index in [0.29, 0.717) is 0 Å². The van der Waals surface area contributed by atoms with Gasteiger partial charge in [-0.1, -0.05) is 0 Å². The van der Waals surface area contributed by atoms with Gasteiger partial charge < -0.3 is 10.1 Å². The number of hydrogen-bond acceptors (Lipinski definition) is 3. The fourth-order valence-corrected chi connectivity index (χ4v) is 1.08. The summed E-state index contributed by atoms with van der Waals surface area (Å²) in [5.74, 6) is -0.745. The molecule has 0 spiro atoms. The van der Waals surface area contributed by atoms with Crippen molar-refractivity contribution >= 4 is 17.4 Å². The van der Waals surface area contributed by atoms with Crippen molar-refractivity contribution in [3.8, 4) is 0 Å². The Labute approximate surface area is 82.7 Å². The average Bonchev–Trinajstić information content (AvgIpc) is 2.16. The summed E-state index contributed by atoms with van der Waals surface area (Å²) in [6, 6.07) is 2.20. The van der Waals surface area contributed by atoms with E-state index in [0.717, 1.165) is 6.07 Å². The summed E-state index contributed by atoms with van der Waals surface area (Å²) >= 11 is 5.38. The number of pyridine rings is 1. The van der Waals surface area contributed by atoms with E-state index in [1.807, 2.05) is 0 Å². The fourth-order valence-electron chi connectivity index (χ4n) is 0.876. The lowest BCUT2D eigenvalue weighted by Crippen LogP contribution is -2.00. The summed E-state index contributed by atoms with van der Waals surface area (Å²) in [4.78, 5) is 12.8. The largest absolute Gasteiger partial charge is 0.368 e. The molecule has 0 radical (unpaired) electrons. The molecule has 1 heterocycles. The van der Waals surface area contributed by atoms with Crippen molar-refractivity contribution in [2.45, 2.75) is 12.3 Å². The molecule has 76 valence electrons. The number of nitrogens with zero attached hydrogens (tertiary/aromatic N) is 2. The normalized spacial score (nSPS) is 10.6. The molecule has 0 N–H and O–H groups in total. The van der Waals surface area contributed by atoms with Crippen LogP contribution in [0.15, 0.2) is 12.1 Å². The van der Waals surface area contributed by atoms with E-state index in [4.69, 9.17) is 11.6 Å². The van der Waals surface area contributed by atoms with Crippen molar-refractivity contribution in [1.29, 1.82) is 0 Å². The van der Waals surface area contributed by atoms with Gasteiger partial charge in [-0.15, -0.1) is 11.6 Å². The van der Waals surface area contributed by atoms with Gasteiger partial charge in [-0.3, -0.25) is 0 Å². The highest BCUT2D eigenvalue weighted by Gasteiger charge is 2.21. The van der Waals surface area contributed by atoms with Crippen LogP contribution in [0.4, 0.5) is 14.6 Å². The van der Waals surface area contributed by atoms with Gasteiger partial charge in [0.25, 0.3) is 0 Å². The summed E-state index contributed by atoms with van der Waals surface area (Å²) in [7, 11) is 0. The molecule has 1 aromatic rings. The minimum atomic E-state index is -2.82. The number of alkyl halides is 3. The zero-order chi connectivity index (χ0) is 10.7. The summed E-state index contributed by atoms with van der Waals surface area (Å²) in [5.41, 5.74) is -0.494. The van der Waals surface area contributed by atoms with Crippen LogP contribution >= 0.6 is 11.6 Å². The summed E-state index contributed by atoms with van der Waals surface area (Å²) in [6.07, 6.45) is -2.82. The third-order valence-electron chi connectivity index (χ3n) is 1.52. The van der Waals surface area contributed by atoms with Gasteiger partial charge in [0.2, 0.25) is 5.69 Å². The summed E-state index contributed by atoms with van der Waals surface area (Å²) in [5, 5.41) is 10.4. The smallest absolute Gasteiger partial charge is 0.358 e. The van der Waals surface area contributed by atoms with Gasteiger partial charge in [0.1, 0.15) is 0 Å². The molecule has 0 amide bonds. The highest BCUT2D eigenvalue weighted by atomic mass is 35.5. The SMILES string of the molecule is O=[N+]([O-])c1nc(C(F)F)ccc1CCl. The molecule has 7 heteroatoms. The van der Waals surface area contributed by atoms with Gasteiger partial charge in [0, 0.05) is 0 Å². The monoisotopic (exact) mass is 222 g/mol. The highest BCUT2D eigenvalue weighted by Crippen LogP contribution is 2.23. The first-order valence-electron chi connectivity index (χ1n) is 3.54. The van der Waals surface area contributed by atoms with Gasteiger partial charge in [-0.2, -0.15) is 0 Å². The molecule has 0 saturated heterocycles. The zero-order valence-corrected chi connectivity index (χ0v) is 7.54. The first kappa shape index (κ1) is 10.8. The molecule has 0 fully saturated rings. The molecule has 0 unspecified atom stereocenters. The third kappa shape index (κ3) is 2.14. The van der Waals surface area contributed by atoms with Crippen molar-refractivity contribution in [3.63, 3.8) is 0 Å². The standard InChI is InChI=1S/C7H5ClF2N2O2/c8-3-4-1-2-5(6(9)10)11-7(4)12(13)14/h1-2,6H,3H2. The lowest BCUT2D eigenvalue weighted by atomic mass is 10.2. The number of rotatable bonds is 3. The van der Waals surface area contributed by atoms with E-state index < -0.39 is 22.9 Å². The van der Waals surface area contributed by atoms with Crippen LogP contribution in [0.1, 0.15) is 17.7 Å². The van der Waals surface area contributed by atoms with Crippen molar-refractivity contribution in [2.24, 2.45) is 0 Å². The molecule has 4 nitrogen and oxygen atoms in total. The highest BCUT2D eigenvalue weighted by molar-refractivity contribution is 6.17. The van der Waals surface area contributed by atoms with E-state index in [9.17, 15) is 18.9 Å². The third-order valence-corrected chi connectivity index (χ3v) is 1.81. The first-order valence-corrected chi connectivity index (χ1v) is 4.08. The van der Waals surface area contributed by atoms with Gasteiger partial charge in [-0.25, -0.2) is 8.78 Å². The Hall–Kier alpha value is -1.30. The van der Waals surface area contributed by atoms with Crippen LogP contribution < -0.4 is 0 Å². The fraction of sp³-hybridized carbons (Fsp3) is 0.286. The van der Waals surface area contributed by atoms with Gasteiger partial charge in [0.05, 0.1) is 11.4 Å². The van der Waals surface area contributed by atoms with Crippen LogP contribution in [0.5, 0.6) is 0 Å². The molecule has 0 aliphatic rings. The number of hydrogen-bond donors (Lipinski definition) is 0. The lowest BCUT2D eigenvalue weighted by molar-refractivity contribution is -0.390. The molecule has 1 rings (SSSR count). The lowest BCUT2D eigenvalue weighted by Gasteiger charge is -1.99. The second kappa shape index (κ2) is 4.28. The summed E-state index contributed by atoms with van der Waals surface area (Å²) < 4.78 is 24.3. The molecule has 0 bridgehead atoms. The molecular weight excluding hydrogens is 218 g/mol. The van der Waals surface area contributed by atoms with Crippen LogP contribution in [0, 0.1) is 10.1 Å². The van der Waals surface area contributed by atoms with Crippen molar-refractivity contribution in [1.82, 2.24) is 4.98 Å². The van der Waals surface area contributed by atoms with Crippen LogP contribution in [0.2, 0.25) is 0 Å². The van der Waals surface area contributed by atoms with Gasteiger partial charge in [0.15, 0.2) is 0 Å². The molecule has 0 aliphatic carbocycles. The minimum Gasteiger partial charge on any atom is -0.358 e. The quantitative estimate of drug-likeness (QED) is 0.449. The minimum absolute atomic E-state index is 0.126. The van der Waals surface area contributed by atoms with Crippen LogP contribution in [-0.2, 0) is 5.88 Å². The van der Waals surface area contributed by atoms with Crippen LogP contribution in [0.3, 0.4) is 0 Å². The summed E-state index contributed by atoms with van der Waals surface area (Å²) in [6.45, 7) is 0. The van der Waals surface area contributed by atoms with Gasteiger partial charge >= 0.3 is 12.2 Å². The zero-order valence-electron chi connectivity index (χ0n) is 6.78. The maximum Gasteiger partial charge on any atom is 0.368 e. The maximum absolute atomic E-state index is 12.1. The molecule has 0 aromatic carbocycles. The Morgan fingerprint density at radius 2 is 2.21 bits per heavy atom. The van der Waals surface area contributed by atoms with E-state index in [2.05, 4.69) is 4.98 Å². The Bertz CT molecular complexity index is 360. The van der Waals surface area contributed by atoms with E-state index in [-0.39, 0.29) is 11.4 Å². The average molecular weight is 223 g/mol. The van der Waals surface area contributed by atoms with E-state index in [1.54, 1.807) is 0 Å². The topological polar surface area (TPSA) is 56.0 Å². The van der Waals surface area contributed by atoms with Crippen molar-refractivity contribution < 1.29 is 13.7 Å². The maximum atomic E-state index is 12.1. The van der Waals surface area contributed by atoms with Crippen LogP contribution in [0.25, 0.3) is 0 Å². The van der Waals surface area contributed by atoms with Crippen LogP contribution in [-0.4, -0.2) is 9.91 Å². The second-order valence-electron chi connectivity index (χ2n) is 2.41. The number of halogens is 3. The Balaban J connectivity index is 3.21. The molecule has 14 heavy (non-hydrogen) atoms. The Kier molecular flexibility index (Phi) is 3.29. The number of nitro groups is 1. The predicted octanol–water partition coefficient (Wildman–Crippen LogP) is 2.67. The first-order chi connectivity index (χ1) is 6.56. The molecular formula is C7H5ClF2N2O2. The second-order valence-corrected chi connectivity index (χ2v) is 2.68. The van der Waals surface area contributed by atoms with Crippen molar-refractivity contribution in [2.75, 3.05) is 0 Å². The molecule has 0 saturated carbocycles.